The number of nitrogens with zero attached hydrogens (tertiary/aromatic N) is 2. The number of morpholine rings is 1. The number of nitrogens with one attached hydrogen (secondary N) is 1. The molecule has 196 valence electrons. The summed E-state index contributed by atoms with van der Waals surface area (Å²) in [6.07, 6.45) is 1.51. The number of amides is 4. The van der Waals surface area contributed by atoms with E-state index in [0.717, 1.165) is 4.90 Å². The molecule has 0 saturated carbocycles. The summed E-state index contributed by atoms with van der Waals surface area (Å²) in [6.45, 7) is 1.72. The molecule has 2 aromatic rings. The SMILES string of the molecule is COC(=O)c1ccc(CN2C(=O)N/C(=C\c3cc(I)c(OCC(=O)N4CCOCC4)c(OC)c3)C2=O)o1. The zero-order valence-corrected chi connectivity index (χ0v) is 22.2. The quantitative estimate of drug-likeness (QED) is 0.202. The molecular weight excluding hydrogens is 601 g/mol. The van der Waals surface area contributed by atoms with Gasteiger partial charge in [0, 0.05) is 13.1 Å². The number of ether oxygens (including phenoxy) is 4. The van der Waals surface area contributed by atoms with Crippen molar-refractivity contribution in [3.63, 3.8) is 0 Å². The molecule has 0 unspecified atom stereocenters. The van der Waals surface area contributed by atoms with Crippen molar-refractivity contribution in [3.05, 3.63) is 50.6 Å². The van der Waals surface area contributed by atoms with Crippen LogP contribution in [-0.4, -0.2) is 80.7 Å². The normalized spacial score (nSPS) is 16.7. The number of benzene rings is 1. The number of hydrogen-bond acceptors (Lipinski definition) is 9. The number of rotatable bonds is 8. The van der Waals surface area contributed by atoms with Crippen LogP contribution in [0, 0.1) is 3.57 Å². The zero-order valence-electron chi connectivity index (χ0n) is 20.1. The van der Waals surface area contributed by atoms with Crippen LogP contribution in [0.25, 0.3) is 6.08 Å². The van der Waals surface area contributed by atoms with Gasteiger partial charge in [0.25, 0.3) is 11.8 Å². The van der Waals surface area contributed by atoms with Gasteiger partial charge in [-0.15, -0.1) is 0 Å². The third-order valence-corrected chi connectivity index (χ3v) is 6.39. The minimum atomic E-state index is -0.662. The van der Waals surface area contributed by atoms with E-state index >= 15 is 0 Å². The molecule has 2 fully saturated rings. The minimum absolute atomic E-state index is 0.0315. The molecule has 2 saturated heterocycles. The number of furan rings is 1. The molecule has 2 aliphatic rings. The van der Waals surface area contributed by atoms with E-state index in [2.05, 4.69) is 10.1 Å². The molecule has 2 aliphatic heterocycles. The highest BCUT2D eigenvalue weighted by Gasteiger charge is 2.34. The minimum Gasteiger partial charge on any atom is -0.493 e. The van der Waals surface area contributed by atoms with Gasteiger partial charge < -0.3 is 33.6 Å². The van der Waals surface area contributed by atoms with Gasteiger partial charge in [0.2, 0.25) is 5.76 Å². The topological polar surface area (TPSA) is 137 Å². The predicted octanol–water partition coefficient (Wildman–Crippen LogP) is 2.01. The summed E-state index contributed by atoms with van der Waals surface area (Å²) in [4.78, 5) is 52.0. The van der Waals surface area contributed by atoms with Crippen molar-refractivity contribution in [1.82, 2.24) is 15.1 Å². The summed E-state index contributed by atoms with van der Waals surface area (Å²) < 4.78 is 27.1. The fourth-order valence-electron chi connectivity index (χ4n) is 3.71. The molecule has 0 spiro atoms. The van der Waals surface area contributed by atoms with Gasteiger partial charge in [-0.3, -0.25) is 14.5 Å². The van der Waals surface area contributed by atoms with E-state index in [1.165, 1.54) is 32.4 Å². The van der Waals surface area contributed by atoms with Gasteiger partial charge in [0.1, 0.15) is 11.5 Å². The van der Waals surface area contributed by atoms with Crippen molar-refractivity contribution in [3.8, 4) is 11.5 Å². The van der Waals surface area contributed by atoms with Crippen molar-refractivity contribution in [2.75, 3.05) is 47.1 Å². The first-order valence-electron chi connectivity index (χ1n) is 11.2. The Morgan fingerprint density at radius 1 is 1.16 bits per heavy atom. The average Bonchev–Trinajstić information content (AvgIpc) is 3.48. The molecule has 0 bridgehead atoms. The number of methoxy groups -OCH3 is 2. The van der Waals surface area contributed by atoms with Gasteiger partial charge >= 0.3 is 12.0 Å². The van der Waals surface area contributed by atoms with Crippen molar-refractivity contribution >= 4 is 52.5 Å². The largest absolute Gasteiger partial charge is 0.493 e. The molecule has 0 radical (unpaired) electrons. The van der Waals surface area contributed by atoms with E-state index in [9.17, 15) is 19.2 Å². The number of imide groups is 1. The van der Waals surface area contributed by atoms with E-state index in [0.29, 0.717) is 46.9 Å². The van der Waals surface area contributed by atoms with Crippen LogP contribution in [0.5, 0.6) is 11.5 Å². The molecule has 0 atom stereocenters. The van der Waals surface area contributed by atoms with Crippen LogP contribution in [0.1, 0.15) is 21.9 Å². The molecule has 0 aliphatic carbocycles. The van der Waals surface area contributed by atoms with E-state index in [-0.39, 0.29) is 36.3 Å². The lowest BCUT2D eigenvalue weighted by molar-refractivity contribution is -0.137. The Morgan fingerprint density at radius 2 is 1.92 bits per heavy atom. The summed E-state index contributed by atoms with van der Waals surface area (Å²) in [6, 6.07) is 5.64. The Labute approximate surface area is 225 Å². The van der Waals surface area contributed by atoms with E-state index < -0.39 is 17.9 Å². The second-order valence-corrected chi connectivity index (χ2v) is 9.12. The molecule has 4 amide bonds. The zero-order chi connectivity index (χ0) is 26.5. The molecule has 13 heteroatoms. The maximum atomic E-state index is 12.9. The van der Waals surface area contributed by atoms with Gasteiger partial charge in [0.05, 0.1) is 37.5 Å². The first kappa shape index (κ1) is 26.5. The van der Waals surface area contributed by atoms with E-state index in [1.807, 2.05) is 22.6 Å². The lowest BCUT2D eigenvalue weighted by Gasteiger charge is -2.27. The highest BCUT2D eigenvalue weighted by Crippen LogP contribution is 2.35. The van der Waals surface area contributed by atoms with Gasteiger partial charge in [-0.1, -0.05) is 0 Å². The third-order valence-electron chi connectivity index (χ3n) is 5.59. The van der Waals surface area contributed by atoms with Crippen LogP contribution >= 0.6 is 22.6 Å². The van der Waals surface area contributed by atoms with Crippen LogP contribution in [0.4, 0.5) is 4.79 Å². The van der Waals surface area contributed by atoms with Crippen LogP contribution in [0.3, 0.4) is 0 Å². The molecule has 1 aromatic heterocycles. The molecule has 3 heterocycles. The maximum Gasteiger partial charge on any atom is 0.373 e. The molecule has 1 aromatic carbocycles. The van der Waals surface area contributed by atoms with E-state index in [4.69, 9.17) is 18.6 Å². The maximum absolute atomic E-state index is 12.9. The fourth-order valence-corrected chi connectivity index (χ4v) is 4.49. The number of urea groups is 1. The molecule has 37 heavy (non-hydrogen) atoms. The number of carbonyl (C=O) groups excluding carboxylic acids is 4. The Kier molecular flexibility index (Phi) is 8.33. The summed E-state index contributed by atoms with van der Waals surface area (Å²) >= 11 is 2.05. The first-order chi connectivity index (χ1) is 17.8. The average molecular weight is 625 g/mol. The smallest absolute Gasteiger partial charge is 0.373 e. The molecule has 12 nitrogen and oxygen atoms in total. The van der Waals surface area contributed by atoms with Crippen LogP contribution in [0.15, 0.2) is 34.4 Å². The van der Waals surface area contributed by atoms with Gasteiger partial charge in [0.15, 0.2) is 18.1 Å². The van der Waals surface area contributed by atoms with Crippen molar-refractivity contribution in [2.24, 2.45) is 0 Å². The first-order valence-corrected chi connectivity index (χ1v) is 12.3. The van der Waals surface area contributed by atoms with Crippen molar-refractivity contribution in [1.29, 1.82) is 0 Å². The summed E-state index contributed by atoms with van der Waals surface area (Å²) in [5, 5.41) is 2.54. The Balaban J connectivity index is 1.46. The molecule has 4 rings (SSSR count). The van der Waals surface area contributed by atoms with Crippen molar-refractivity contribution in [2.45, 2.75) is 6.54 Å². The Hall–Kier alpha value is -3.59. The lowest BCUT2D eigenvalue weighted by atomic mass is 10.1. The lowest BCUT2D eigenvalue weighted by Crippen LogP contribution is -2.43. The highest BCUT2D eigenvalue weighted by molar-refractivity contribution is 14.1. The van der Waals surface area contributed by atoms with Crippen LogP contribution < -0.4 is 14.8 Å². The van der Waals surface area contributed by atoms with Gasteiger partial charge in [-0.25, -0.2) is 9.59 Å². The number of halogens is 1. The number of esters is 1. The van der Waals surface area contributed by atoms with Gasteiger partial charge in [-0.05, 0) is 58.5 Å². The van der Waals surface area contributed by atoms with E-state index in [1.54, 1.807) is 17.0 Å². The van der Waals surface area contributed by atoms with Crippen LogP contribution in [0.2, 0.25) is 0 Å². The second-order valence-electron chi connectivity index (χ2n) is 7.95. The van der Waals surface area contributed by atoms with Crippen LogP contribution in [-0.2, 0) is 25.6 Å². The molecular formula is C24H24IN3O9. The number of hydrogen-bond donors (Lipinski definition) is 1. The fraction of sp³-hybridized carbons (Fsp3) is 0.333. The monoisotopic (exact) mass is 625 g/mol. The number of carbonyl (C=O) groups is 4. The van der Waals surface area contributed by atoms with Gasteiger partial charge in [-0.2, -0.15) is 0 Å². The Morgan fingerprint density at radius 3 is 2.62 bits per heavy atom. The molecule has 1 N–H and O–H groups in total. The second kappa shape index (κ2) is 11.6. The third kappa shape index (κ3) is 6.05. The standard InChI is InChI=1S/C24H24IN3O9/c1-33-19-11-14(9-16(25)21(19)36-13-20(29)27-5-7-35-8-6-27)10-17-22(30)28(24(32)26-17)12-15-3-4-18(37-15)23(31)34-2/h3-4,9-11H,5-8,12-13H2,1-2H3,(H,26,32)/b17-10-. The summed E-state index contributed by atoms with van der Waals surface area (Å²) in [5.74, 6) is -0.396. The predicted molar refractivity (Wildman–Crippen MR) is 136 cm³/mol. The summed E-state index contributed by atoms with van der Waals surface area (Å²) in [5.41, 5.74) is 0.628. The van der Waals surface area contributed by atoms with Crippen molar-refractivity contribution < 1.29 is 42.5 Å². The Bertz CT molecular complexity index is 1250. The summed E-state index contributed by atoms with van der Waals surface area (Å²) in [7, 11) is 2.69. The highest BCUT2D eigenvalue weighted by atomic mass is 127.